The lowest BCUT2D eigenvalue weighted by Crippen LogP contribution is -2.14. The minimum Gasteiger partial charge on any atom is -0.389 e. The van der Waals surface area contributed by atoms with Gasteiger partial charge in [0, 0.05) is 16.1 Å². The summed E-state index contributed by atoms with van der Waals surface area (Å²) in [5.41, 5.74) is 7.84. The minimum atomic E-state index is 0.250. The zero-order chi connectivity index (χ0) is 14.8. The third kappa shape index (κ3) is 2.76. The Kier molecular flexibility index (Phi) is 3.64. The predicted molar refractivity (Wildman–Crippen MR) is 85.5 cm³/mol. The topological polar surface area (TPSA) is 69.6 Å². The number of hydrogen-bond donors (Lipinski definition) is 1. The van der Waals surface area contributed by atoms with Gasteiger partial charge in [0.2, 0.25) is 5.82 Å². The van der Waals surface area contributed by atoms with E-state index in [1.54, 1.807) is 18.2 Å². The molecule has 3 aromatic rings. The summed E-state index contributed by atoms with van der Waals surface area (Å²) in [6, 6.07) is 14.7. The van der Waals surface area contributed by atoms with E-state index in [2.05, 4.69) is 15.4 Å². The van der Waals surface area contributed by atoms with Crippen LogP contribution in [0.3, 0.4) is 0 Å². The Hall–Kier alpha value is -2.31. The number of benzene rings is 2. The Morgan fingerprint density at radius 1 is 1.14 bits per heavy atom. The van der Waals surface area contributed by atoms with E-state index in [1.165, 1.54) is 4.80 Å². The molecule has 0 amide bonds. The highest BCUT2D eigenvalue weighted by molar-refractivity contribution is 7.80. The maximum absolute atomic E-state index is 6.02. The van der Waals surface area contributed by atoms with Gasteiger partial charge in [-0.25, -0.2) is 0 Å². The highest BCUT2D eigenvalue weighted by Crippen LogP contribution is 2.20. The van der Waals surface area contributed by atoms with Gasteiger partial charge in [-0.15, -0.1) is 15.0 Å². The van der Waals surface area contributed by atoms with Crippen molar-refractivity contribution < 1.29 is 0 Å². The van der Waals surface area contributed by atoms with E-state index in [-0.39, 0.29) is 4.99 Å². The molecule has 104 valence electrons. The summed E-state index contributed by atoms with van der Waals surface area (Å²) in [7, 11) is 0. The van der Waals surface area contributed by atoms with E-state index >= 15 is 0 Å². The molecule has 2 aromatic carbocycles. The summed E-state index contributed by atoms with van der Waals surface area (Å²) in [5, 5.41) is 13.0. The van der Waals surface area contributed by atoms with E-state index in [0.29, 0.717) is 22.1 Å². The van der Waals surface area contributed by atoms with Crippen LogP contribution < -0.4 is 5.73 Å². The van der Waals surface area contributed by atoms with Crippen molar-refractivity contribution in [1.29, 1.82) is 0 Å². The summed E-state index contributed by atoms with van der Waals surface area (Å²) in [6.07, 6.45) is 0. The van der Waals surface area contributed by atoms with Crippen molar-refractivity contribution in [2.45, 2.75) is 0 Å². The van der Waals surface area contributed by atoms with Gasteiger partial charge in [0.25, 0.3) is 0 Å². The normalized spacial score (nSPS) is 10.5. The molecule has 3 rings (SSSR count). The van der Waals surface area contributed by atoms with Gasteiger partial charge in [-0.05, 0) is 23.4 Å². The van der Waals surface area contributed by atoms with E-state index in [9.17, 15) is 0 Å². The van der Waals surface area contributed by atoms with Crippen LogP contribution in [0.2, 0.25) is 5.02 Å². The van der Waals surface area contributed by atoms with Crippen LogP contribution >= 0.6 is 23.8 Å². The van der Waals surface area contributed by atoms with Crippen LogP contribution in [-0.2, 0) is 0 Å². The molecule has 0 radical (unpaired) electrons. The number of nitrogens with two attached hydrogens (primary N) is 1. The molecule has 0 saturated carbocycles. The molecular formula is C14H10ClN5S. The van der Waals surface area contributed by atoms with Gasteiger partial charge in [0.15, 0.2) is 0 Å². The van der Waals surface area contributed by atoms with E-state index < -0.39 is 0 Å². The highest BCUT2D eigenvalue weighted by Gasteiger charge is 2.12. The number of aromatic nitrogens is 4. The van der Waals surface area contributed by atoms with Crippen LogP contribution in [0.1, 0.15) is 5.56 Å². The second-order valence-corrected chi connectivity index (χ2v) is 5.17. The molecule has 5 nitrogen and oxygen atoms in total. The standard InChI is InChI=1S/C14H10ClN5S/c15-10-6-7-11(13(16)21)12(8-10)20-18-14(17-19-20)9-4-2-1-3-5-9/h1-8H,(H2,16,21). The molecule has 1 aromatic heterocycles. The average Bonchev–Trinajstić information content (AvgIpc) is 2.97. The fraction of sp³-hybridized carbons (Fsp3) is 0. The van der Waals surface area contributed by atoms with Gasteiger partial charge < -0.3 is 5.73 Å². The molecule has 0 spiro atoms. The lowest BCUT2D eigenvalue weighted by atomic mass is 10.2. The molecule has 0 aliphatic rings. The third-order valence-corrected chi connectivity index (χ3v) is 3.34. The average molecular weight is 316 g/mol. The Labute approximate surface area is 131 Å². The van der Waals surface area contributed by atoms with Crippen molar-refractivity contribution in [3.05, 3.63) is 59.1 Å². The van der Waals surface area contributed by atoms with Crippen molar-refractivity contribution >= 4 is 28.8 Å². The smallest absolute Gasteiger partial charge is 0.205 e. The van der Waals surface area contributed by atoms with E-state index in [1.807, 2.05) is 30.3 Å². The fourth-order valence-electron chi connectivity index (χ4n) is 1.90. The van der Waals surface area contributed by atoms with E-state index in [0.717, 1.165) is 5.56 Å². The highest BCUT2D eigenvalue weighted by atomic mass is 35.5. The zero-order valence-corrected chi connectivity index (χ0v) is 12.3. The molecule has 0 bridgehead atoms. The molecule has 2 N–H and O–H groups in total. The maximum Gasteiger partial charge on any atom is 0.205 e. The lowest BCUT2D eigenvalue weighted by molar-refractivity contribution is 0.719. The summed E-state index contributed by atoms with van der Waals surface area (Å²) in [4.78, 5) is 1.63. The first-order chi connectivity index (χ1) is 10.1. The van der Waals surface area contributed by atoms with Crippen LogP contribution in [0.5, 0.6) is 0 Å². The summed E-state index contributed by atoms with van der Waals surface area (Å²) in [5.74, 6) is 0.518. The summed E-state index contributed by atoms with van der Waals surface area (Å²) in [6.45, 7) is 0. The van der Waals surface area contributed by atoms with Gasteiger partial charge in [-0.2, -0.15) is 0 Å². The van der Waals surface area contributed by atoms with Gasteiger partial charge in [-0.1, -0.05) is 54.2 Å². The molecule has 0 aliphatic heterocycles. The van der Waals surface area contributed by atoms with Crippen molar-refractivity contribution in [1.82, 2.24) is 20.2 Å². The Morgan fingerprint density at radius 2 is 1.90 bits per heavy atom. The molecule has 0 fully saturated rings. The van der Waals surface area contributed by atoms with Crippen LogP contribution in [0, 0.1) is 0 Å². The van der Waals surface area contributed by atoms with Crippen molar-refractivity contribution in [3.63, 3.8) is 0 Å². The number of thiocarbonyl (C=S) groups is 1. The Balaban J connectivity index is 2.08. The quantitative estimate of drug-likeness (QED) is 0.752. The van der Waals surface area contributed by atoms with Crippen molar-refractivity contribution in [2.75, 3.05) is 0 Å². The van der Waals surface area contributed by atoms with Crippen LogP contribution in [0.15, 0.2) is 48.5 Å². The van der Waals surface area contributed by atoms with Gasteiger partial charge in [-0.3, -0.25) is 0 Å². The van der Waals surface area contributed by atoms with Crippen molar-refractivity contribution in [3.8, 4) is 17.1 Å². The first-order valence-corrected chi connectivity index (χ1v) is 6.89. The van der Waals surface area contributed by atoms with Gasteiger partial charge >= 0.3 is 0 Å². The number of halogens is 1. The number of tetrazole rings is 1. The Bertz CT molecular complexity index is 800. The van der Waals surface area contributed by atoms with Crippen molar-refractivity contribution in [2.24, 2.45) is 5.73 Å². The second kappa shape index (κ2) is 5.59. The number of hydrogen-bond acceptors (Lipinski definition) is 4. The molecule has 0 atom stereocenters. The summed E-state index contributed by atoms with van der Waals surface area (Å²) >= 11 is 11.1. The third-order valence-electron chi connectivity index (χ3n) is 2.89. The zero-order valence-electron chi connectivity index (χ0n) is 10.8. The number of nitrogens with zero attached hydrogens (tertiary/aromatic N) is 4. The monoisotopic (exact) mass is 315 g/mol. The molecule has 7 heteroatoms. The summed E-state index contributed by atoms with van der Waals surface area (Å²) < 4.78 is 0. The second-order valence-electron chi connectivity index (χ2n) is 4.29. The molecular weight excluding hydrogens is 306 g/mol. The molecule has 0 saturated heterocycles. The molecule has 21 heavy (non-hydrogen) atoms. The first-order valence-electron chi connectivity index (χ1n) is 6.10. The molecule has 1 heterocycles. The first kappa shape index (κ1) is 13.7. The number of rotatable bonds is 3. The lowest BCUT2D eigenvalue weighted by Gasteiger charge is -2.06. The largest absolute Gasteiger partial charge is 0.389 e. The Morgan fingerprint density at radius 3 is 2.62 bits per heavy atom. The minimum absolute atomic E-state index is 0.250. The van der Waals surface area contributed by atoms with Crippen LogP contribution in [0.25, 0.3) is 17.1 Å². The molecule has 0 unspecified atom stereocenters. The predicted octanol–water partition coefficient (Wildman–Crippen LogP) is 2.62. The van der Waals surface area contributed by atoms with Gasteiger partial charge in [0.1, 0.15) is 4.99 Å². The van der Waals surface area contributed by atoms with E-state index in [4.69, 9.17) is 29.6 Å². The van der Waals surface area contributed by atoms with Crippen LogP contribution in [0.4, 0.5) is 0 Å². The molecule has 0 aliphatic carbocycles. The fourth-order valence-corrected chi connectivity index (χ4v) is 2.24. The maximum atomic E-state index is 6.02. The SMILES string of the molecule is NC(=S)c1ccc(Cl)cc1-n1nnc(-c2ccccc2)n1. The van der Waals surface area contributed by atoms with Gasteiger partial charge in [0.05, 0.1) is 5.69 Å². The van der Waals surface area contributed by atoms with Crippen LogP contribution in [-0.4, -0.2) is 25.2 Å².